The van der Waals surface area contributed by atoms with Crippen molar-refractivity contribution in [1.29, 1.82) is 0 Å². The van der Waals surface area contributed by atoms with Crippen LogP contribution >= 0.6 is 50.6 Å². The van der Waals surface area contributed by atoms with Gasteiger partial charge < -0.3 is 10.6 Å². The summed E-state index contributed by atoms with van der Waals surface area (Å²) in [6.07, 6.45) is 0. The number of rotatable bonds is 7. The predicted octanol–water partition coefficient (Wildman–Crippen LogP) is 7.60. The summed E-state index contributed by atoms with van der Waals surface area (Å²) in [5.41, 5.74) is 2.96. The van der Waals surface area contributed by atoms with Crippen molar-refractivity contribution in [3.8, 4) is 11.3 Å². The summed E-state index contributed by atoms with van der Waals surface area (Å²) in [5.74, 6) is -0.360. The number of amides is 2. The van der Waals surface area contributed by atoms with Crippen LogP contribution in [0.3, 0.4) is 0 Å². The summed E-state index contributed by atoms with van der Waals surface area (Å²) in [4.78, 5) is 30.5. The van der Waals surface area contributed by atoms with Crippen molar-refractivity contribution in [1.82, 2.24) is 4.98 Å². The average molecular weight is 573 g/mol. The van der Waals surface area contributed by atoms with Crippen LogP contribution in [0.4, 0.5) is 10.8 Å². The van der Waals surface area contributed by atoms with Gasteiger partial charge in [0.15, 0.2) is 5.13 Å². The maximum atomic E-state index is 12.7. The molecule has 0 saturated carbocycles. The zero-order valence-corrected chi connectivity index (χ0v) is 21.9. The Balaban J connectivity index is 1.32. The smallest absolute Gasteiger partial charge is 0.255 e. The van der Waals surface area contributed by atoms with Crippen molar-refractivity contribution in [2.45, 2.75) is 17.1 Å². The molecule has 2 N–H and O–H groups in total. The minimum atomic E-state index is -0.327. The van der Waals surface area contributed by atoms with E-state index < -0.39 is 0 Å². The largest absolute Gasteiger partial charge is 0.322 e. The molecule has 0 radical (unpaired) electrons. The lowest BCUT2D eigenvalue weighted by Gasteiger charge is -2.11. The van der Waals surface area contributed by atoms with Crippen LogP contribution < -0.4 is 10.6 Å². The molecule has 1 unspecified atom stereocenters. The number of nitrogens with one attached hydrogen (secondary N) is 2. The van der Waals surface area contributed by atoms with Crippen molar-refractivity contribution in [3.63, 3.8) is 0 Å². The quantitative estimate of drug-likeness (QED) is 0.224. The zero-order valence-electron chi connectivity index (χ0n) is 17.9. The first-order valence-electron chi connectivity index (χ1n) is 10.2. The number of nitrogens with zero attached hydrogens (tertiary/aromatic N) is 1. The lowest BCUT2D eigenvalue weighted by Crippen LogP contribution is -2.22. The molecule has 0 aliphatic carbocycles. The number of thiazole rings is 1. The van der Waals surface area contributed by atoms with Crippen molar-refractivity contribution >= 4 is 73.3 Å². The van der Waals surface area contributed by atoms with Crippen LogP contribution in [0.2, 0.25) is 5.02 Å². The molecule has 172 valence electrons. The van der Waals surface area contributed by atoms with Gasteiger partial charge in [0.1, 0.15) is 0 Å². The molecule has 1 aromatic heterocycles. The second-order valence-corrected chi connectivity index (χ2v) is 10.9. The molecule has 4 rings (SSSR count). The first-order valence-corrected chi connectivity index (χ1v) is 13.2. The fourth-order valence-corrected chi connectivity index (χ4v) is 5.04. The first kappa shape index (κ1) is 24.5. The fraction of sp³-hybridized carbons (Fsp3) is 0.0800. The molecular formula is C25H19BrClN3O2S2. The zero-order chi connectivity index (χ0) is 24.1. The summed E-state index contributed by atoms with van der Waals surface area (Å²) in [6.45, 7) is 1.85. The van der Waals surface area contributed by atoms with Crippen LogP contribution in [-0.2, 0) is 4.79 Å². The minimum absolute atomic E-state index is 0.125. The maximum Gasteiger partial charge on any atom is 0.255 e. The Morgan fingerprint density at radius 3 is 2.47 bits per heavy atom. The summed E-state index contributed by atoms with van der Waals surface area (Å²) in [7, 11) is 0. The molecule has 3 aromatic carbocycles. The Morgan fingerprint density at radius 1 is 1.03 bits per heavy atom. The van der Waals surface area contributed by atoms with Gasteiger partial charge in [0.25, 0.3) is 5.91 Å². The van der Waals surface area contributed by atoms with Crippen LogP contribution in [-0.4, -0.2) is 22.0 Å². The summed E-state index contributed by atoms with van der Waals surface area (Å²) < 4.78 is 1.00. The molecule has 5 nitrogen and oxygen atoms in total. The Bertz CT molecular complexity index is 1310. The molecule has 2 amide bonds. The number of aromatic nitrogens is 1. The third-order valence-electron chi connectivity index (χ3n) is 4.76. The number of anilines is 2. The van der Waals surface area contributed by atoms with Crippen LogP contribution in [0, 0.1) is 0 Å². The first-order chi connectivity index (χ1) is 16.4. The Hall–Kier alpha value is -2.65. The second kappa shape index (κ2) is 11.2. The van der Waals surface area contributed by atoms with Gasteiger partial charge in [0.2, 0.25) is 5.91 Å². The molecule has 4 aromatic rings. The van der Waals surface area contributed by atoms with Crippen LogP contribution in [0.5, 0.6) is 0 Å². The molecule has 9 heteroatoms. The van der Waals surface area contributed by atoms with Gasteiger partial charge in [-0.3, -0.25) is 9.59 Å². The topological polar surface area (TPSA) is 71.1 Å². The molecular weight excluding hydrogens is 554 g/mol. The van der Waals surface area contributed by atoms with Gasteiger partial charge in [-0.1, -0.05) is 45.7 Å². The number of thioether (sulfide) groups is 1. The van der Waals surface area contributed by atoms with E-state index in [4.69, 9.17) is 11.6 Å². The van der Waals surface area contributed by atoms with E-state index in [2.05, 4.69) is 31.5 Å². The van der Waals surface area contributed by atoms with Crippen molar-refractivity contribution in [3.05, 3.63) is 93.2 Å². The molecule has 0 aliphatic heterocycles. The highest BCUT2D eigenvalue weighted by Gasteiger charge is 2.17. The lowest BCUT2D eigenvalue weighted by atomic mass is 10.2. The van der Waals surface area contributed by atoms with Crippen LogP contribution in [0.15, 0.2) is 87.5 Å². The van der Waals surface area contributed by atoms with Crippen LogP contribution in [0.1, 0.15) is 17.3 Å². The van der Waals surface area contributed by atoms with Crippen molar-refractivity contribution in [2.75, 3.05) is 10.6 Å². The van der Waals surface area contributed by atoms with Gasteiger partial charge in [0, 0.05) is 36.6 Å². The molecule has 0 fully saturated rings. The third-order valence-corrected chi connectivity index (χ3v) is 7.39. The number of carbonyl (C=O) groups is 2. The molecule has 1 atom stereocenters. The Kier molecular flexibility index (Phi) is 8.05. The van der Waals surface area contributed by atoms with Gasteiger partial charge in [-0.25, -0.2) is 4.98 Å². The van der Waals surface area contributed by atoms with Gasteiger partial charge >= 0.3 is 0 Å². The number of carbonyl (C=O) groups excluding carboxylic acids is 2. The highest BCUT2D eigenvalue weighted by molar-refractivity contribution is 9.10. The SMILES string of the molecule is CC(Sc1ccc(NC(=O)c2cccc(Cl)c2)cc1)C(=O)Nc1nc(-c2ccc(Br)cc2)cs1. The summed E-state index contributed by atoms with van der Waals surface area (Å²) in [6, 6.07) is 22.0. The average Bonchev–Trinajstić information content (AvgIpc) is 3.29. The van der Waals surface area contributed by atoms with E-state index in [0.717, 1.165) is 20.6 Å². The third kappa shape index (κ3) is 6.48. The highest BCUT2D eigenvalue weighted by Crippen LogP contribution is 2.29. The normalized spacial score (nSPS) is 11.6. The van der Waals surface area contributed by atoms with Gasteiger partial charge in [0.05, 0.1) is 10.9 Å². The molecule has 0 bridgehead atoms. The minimum Gasteiger partial charge on any atom is -0.322 e. The maximum absolute atomic E-state index is 12.7. The van der Waals surface area contributed by atoms with E-state index in [1.807, 2.05) is 48.7 Å². The molecule has 1 heterocycles. The monoisotopic (exact) mass is 571 g/mol. The number of benzene rings is 3. The number of hydrogen-bond acceptors (Lipinski definition) is 5. The van der Waals surface area contributed by atoms with E-state index >= 15 is 0 Å². The van der Waals surface area contributed by atoms with Gasteiger partial charge in [-0.15, -0.1) is 23.1 Å². The summed E-state index contributed by atoms with van der Waals surface area (Å²) >= 11 is 12.2. The van der Waals surface area contributed by atoms with Crippen molar-refractivity contribution in [2.24, 2.45) is 0 Å². The Morgan fingerprint density at radius 2 is 1.76 bits per heavy atom. The summed E-state index contributed by atoms with van der Waals surface area (Å²) in [5, 5.41) is 8.41. The van der Waals surface area contributed by atoms with Crippen LogP contribution in [0.25, 0.3) is 11.3 Å². The van der Waals surface area contributed by atoms with E-state index in [1.54, 1.807) is 36.4 Å². The molecule has 0 saturated heterocycles. The lowest BCUT2D eigenvalue weighted by molar-refractivity contribution is -0.115. The number of halogens is 2. The predicted molar refractivity (Wildman–Crippen MR) is 145 cm³/mol. The molecule has 0 aliphatic rings. The van der Waals surface area contributed by atoms with E-state index in [-0.39, 0.29) is 17.1 Å². The second-order valence-electron chi connectivity index (χ2n) is 7.28. The Labute approximate surface area is 219 Å². The van der Waals surface area contributed by atoms with E-state index in [9.17, 15) is 9.59 Å². The van der Waals surface area contributed by atoms with Crippen molar-refractivity contribution < 1.29 is 9.59 Å². The van der Waals surface area contributed by atoms with Gasteiger partial charge in [-0.2, -0.15) is 0 Å². The number of hydrogen-bond donors (Lipinski definition) is 2. The van der Waals surface area contributed by atoms with Gasteiger partial charge in [-0.05, 0) is 61.5 Å². The highest BCUT2D eigenvalue weighted by atomic mass is 79.9. The fourth-order valence-electron chi connectivity index (χ4n) is 3.00. The standard InChI is InChI=1S/C25H19BrClN3O2S2/c1-15(23(31)30-25-29-22(14-33-25)16-5-7-18(26)8-6-16)34-21-11-9-20(10-12-21)28-24(32)17-3-2-4-19(27)13-17/h2-15H,1H3,(H,28,32)(H,29,30,31). The molecule has 34 heavy (non-hydrogen) atoms. The van der Waals surface area contributed by atoms with E-state index in [0.29, 0.717) is 21.4 Å². The van der Waals surface area contributed by atoms with E-state index in [1.165, 1.54) is 23.1 Å². The molecule has 0 spiro atoms.